The summed E-state index contributed by atoms with van der Waals surface area (Å²) in [5.41, 5.74) is 8.69. The molecule has 4 heteroatoms. The van der Waals surface area contributed by atoms with Crippen LogP contribution < -0.4 is 10.6 Å². The summed E-state index contributed by atoms with van der Waals surface area (Å²) in [5, 5.41) is 0. The van der Waals surface area contributed by atoms with Crippen molar-refractivity contribution in [2.75, 3.05) is 37.8 Å². The predicted molar refractivity (Wildman–Crippen MR) is 74.8 cm³/mol. The molecule has 18 heavy (non-hydrogen) atoms. The minimum Gasteiger partial charge on any atom is -0.399 e. The van der Waals surface area contributed by atoms with Crippen LogP contribution in [-0.4, -0.2) is 38.0 Å². The monoisotopic (exact) mass is 247 g/mol. The fourth-order valence-corrected chi connectivity index (χ4v) is 2.49. The summed E-state index contributed by atoms with van der Waals surface area (Å²) >= 11 is 0. The van der Waals surface area contributed by atoms with Gasteiger partial charge in [0.2, 0.25) is 5.91 Å². The molecule has 98 valence electrons. The molecule has 0 fully saturated rings. The van der Waals surface area contributed by atoms with Gasteiger partial charge in [0, 0.05) is 23.3 Å². The lowest BCUT2D eigenvalue weighted by molar-refractivity contribution is -0.119. The number of carbonyl (C=O) groups excluding carboxylic acids is 1. The second-order valence-electron chi connectivity index (χ2n) is 5.88. The third kappa shape index (κ3) is 2.20. The molecule has 0 radical (unpaired) electrons. The topological polar surface area (TPSA) is 49.6 Å². The molecule has 1 aliphatic rings. The molecule has 2 N–H and O–H groups in total. The van der Waals surface area contributed by atoms with Crippen LogP contribution in [0.4, 0.5) is 11.4 Å². The quantitative estimate of drug-likeness (QED) is 0.805. The number of likely N-dealkylation sites (N-methyl/N-ethyl adjacent to an activating group) is 1. The second-order valence-corrected chi connectivity index (χ2v) is 5.88. The Balaban J connectivity index is 2.38. The van der Waals surface area contributed by atoms with Crippen molar-refractivity contribution in [1.29, 1.82) is 0 Å². The standard InChI is InChI=1S/C14H21N3O/c1-14(2)9-17(13(18)8-16(3)4)12-7-10(15)5-6-11(12)14/h5-7H,8-9,15H2,1-4H3. The average molecular weight is 247 g/mol. The van der Waals surface area contributed by atoms with E-state index in [0.29, 0.717) is 12.2 Å². The first-order valence-corrected chi connectivity index (χ1v) is 6.16. The van der Waals surface area contributed by atoms with Gasteiger partial charge in [-0.25, -0.2) is 0 Å². The van der Waals surface area contributed by atoms with Crippen molar-refractivity contribution in [2.45, 2.75) is 19.3 Å². The minimum absolute atomic E-state index is 0.00892. The van der Waals surface area contributed by atoms with Crippen LogP contribution in [-0.2, 0) is 10.2 Å². The Morgan fingerprint density at radius 1 is 1.44 bits per heavy atom. The summed E-state index contributed by atoms with van der Waals surface area (Å²) in [7, 11) is 3.80. The van der Waals surface area contributed by atoms with Gasteiger partial charge < -0.3 is 15.5 Å². The van der Waals surface area contributed by atoms with Gasteiger partial charge in [0.15, 0.2) is 0 Å². The largest absolute Gasteiger partial charge is 0.399 e. The van der Waals surface area contributed by atoms with E-state index in [1.165, 1.54) is 5.56 Å². The number of nitrogens with zero attached hydrogens (tertiary/aromatic N) is 2. The molecule has 0 atom stereocenters. The molecule has 1 aromatic rings. The molecule has 0 bridgehead atoms. The summed E-state index contributed by atoms with van der Waals surface area (Å²) < 4.78 is 0. The molecule has 0 spiro atoms. The number of anilines is 2. The first-order chi connectivity index (χ1) is 8.31. The van der Waals surface area contributed by atoms with Crippen LogP contribution >= 0.6 is 0 Å². The van der Waals surface area contributed by atoms with Crippen LogP contribution in [0.25, 0.3) is 0 Å². The molecule has 1 amide bonds. The summed E-state index contributed by atoms with van der Waals surface area (Å²) in [5.74, 6) is 0.123. The predicted octanol–water partition coefficient (Wildman–Crippen LogP) is 1.45. The maximum absolute atomic E-state index is 12.3. The zero-order valence-electron chi connectivity index (χ0n) is 11.5. The number of nitrogen functional groups attached to an aromatic ring is 1. The molecule has 0 unspecified atom stereocenters. The van der Waals surface area contributed by atoms with Crippen molar-refractivity contribution in [1.82, 2.24) is 4.90 Å². The van der Waals surface area contributed by atoms with E-state index in [-0.39, 0.29) is 11.3 Å². The van der Waals surface area contributed by atoms with Gasteiger partial charge in [-0.2, -0.15) is 0 Å². The van der Waals surface area contributed by atoms with Gasteiger partial charge in [-0.3, -0.25) is 4.79 Å². The van der Waals surface area contributed by atoms with Crippen LogP contribution in [0.2, 0.25) is 0 Å². The normalized spacial score (nSPS) is 17.1. The maximum Gasteiger partial charge on any atom is 0.241 e. The van der Waals surface area contributed by atoms with Crippen molar-refractivity contribution in [2.24, 2.45) is 0 Å². The Hall–Kier alpha value is -1.55. The highest BCUT2D eigenvalue weighted by molar-refractivity contribution is 5.98. The number of fused-ring (bicyclic) bond motifs is 1. The fourth-order valence-electron chi connectivity index (χ4n) is 2.49. The van der Waals surface area contributed by atoms with Crippen molar-refractivity contribution < 1.29 is 4.79 Å². The van der Waals surface area contributed by atoms with E-state index in [2.05, 4.69) is 13.8 Å². The number of amides is 1. The molecule has 0 aliphatic carbocycles. The van der Waals surface area contributed by atoms with Gasteiger partial charge in [0.05, 0.1) is 6.54 Å². The van der Waals surface area contributed by atoms with Crippen molar-refractivity contribution in [3.8, 4) is 0 Å². The third-order valence-electron chi connectivity index (χ3n) is 3.35. The van der Waals surface area contributed by atoms with Crippen molar-refractivity contribution in [3.05, 3.63) is 23.8 Å². The van der Waals surface area contributed by atoms with Crippen LogP contribution in [0.3, 0.4) is 0 Å². The number of carbonyl (C=O) groups is 1. The molecule has 2 rings (SSSR count). The van der Waals surface area contributed by atoms with Gasteiger partial charge in [0.25, 0.3) is 0 Å². The van der Waals surface area contributed by atoms with Crippen LogP contribution in [0.1, 0.15) is 19.4 Å². The number of benzene rings is 1. The highest BCUT2D eigenvalue weighted by atomic mass is 16.2. The molecule has 0 aromatic heterocycles. The summed E-state index contributed by atoms with van der Waals surface area (Å²) in [4.78, 5) is 16.0. The van der Waals surface area contributed by atoms with E-state index < -0.39 is 0 Å². The van der Waals surface area contributed by atoms with Gasteiger partial charge in [-0.05, 0) is 31.8 Å². The molecule has 0 saturated carbocycles. The first kappa shape index (κ1) is 12.9. The summed E-state index contributed by atoms with van der Waals surface area (Å²) in [6.45, 7) is 5.46. The van der Waals surface area contributed by atoms with Crippen LogP contribution in [0, 0.1) is 0 Å². The highest BCUT2D eigenvalue weighted by Gasteiger charge is 2.37. The number of rotatable bonds is 2. The minimum atomic E-state index is -0.00892. The van der Waals surface area contributed by atoms with E-state index in [1.807, 2.05) is 42.1 Å². The second kappa shape index (κ2) is 4.28. The molecule has 1 aliphatic heterocycles. The van der Waals surface area contributed by atoms with Crippen molar-refractivity contribution >= 4 is 17.3 Å². The Labute approximate surface area is 108 Å². The van der Waals surface area contributed by atoms with Crippen LogP contribution in [0.15, 0.2) is 18.2 Å². The number of hydrogen-bond acceptors (Lipinski definition) is 3. The van der Waals surface area contributed by atoms with Gasteiger partial charge in [-0.1, -0.05) is 19.9 Å². The molecule has 1 heterocycles. The zero-order chi connectivity index (χ0) is 13.5. The van der Waals surface area contributed by atoms with Crippen molar-refractivity contribution in [3.63, 3.8) is 0 Å². The Morgan fingerprint density at radius 3 is 2.72 bits per heavy atom. The van der Waals surface area contributed by atoms with Gasteiger partial charge in [0.1, 0.15) is 0 Å². The molecule has 4 nitrogen and oxygen atoms in total. The number of hydrogen-bond donors (Lipinski definition) is 1. The van der Waals surface area contributed by atoms with E-state index in [4.69, 9.17) is 5.73 Å². The Morgan fingerprint density at radius 2 is 2.11 bits per heavy atom. The lowest BCUT2D eigenvalue weighted by Crippen LogP contribution is -2.39. The SMILES string of the molecule is CN(C)CC(=O)N1CC(C)(C)c2ccc(N)cc21. The first-order valence-electron chi connectivity index (χ1n) is 6.16. The van der Waals surface area contributed by atoms with Crippen LogP contribution in [0.5, 0.6) is 0 Å². The zero-order valence-corrected chi connectivity index (χ0v) is 11.5. The highest BCUT2D eigenvalue weighted by Crippen LogP contribution is 2.41. The molecular weight excluding hydrogens is 226 g/mol. The van der Waals surface area contributed by atoms with Gasteiger partial charge in [-0.15, -0.1) is 0 Å². The van der Waals surface area contributed by atoms with E-state index in [0.717, 1.165) is 12.2 Å². The van der Waals surface area contributed by atoms with E-state index in [9.17, 15) is 4.79 Å². The molecule has 0 saturated heterocycles. The van der Waals surface area contributed by atoms with E-state index in [1.54, 1.807) is 0 Å². The summed E-state index contributed by atoms with van der Waals surface area (Å²) in [6, 6.07) is 5.84. The molecular formula is C14H21N3O. The number of nitrogens with two attached hydrogens (primary N) is 1. The fraction of sp³-hybridized carbons (Fsp3) is 0.500. The Kier molecular flexibility index (Phi) is 3.07. The smallest absolute Gasteiger partial charge is 0.241 e. The summed E-state index contributed by atoms with van der Waals surface area (Å²) in [6.07, 6.45) is 0. The van der Waals surface area contributed by atoms with E-state index >= 15 is 0 Å². The lowest BCUT2D eigenvalue weighted by Gasteiger charge is -2.22. The van der Waals surface area contributed by atoms with Gasteiger partial charge >= 0.3 is 0 Å². The average Bonchev–Trinajstić information content (AvgIpc) is 2.49. The maximum atomic E-state index is 12.3. The lowest BCUT2D eigenvalue weighted by atomic mass is 9.87. The Bertz CT molecular complexity index is 480. The third-order valence-corrected chi connectivity index (χ3v) is 3.35. The molecule has 1 aromatic carbocycles.